The van der Waals surface area contributed by atoms with E-state index >= 15 is 0 Å². The first kappa shape index (κ1) is 26.2. The van der Waals surface area contributed by atoms with Crippen LogP contribution in [0, 0.1) is 28.6 Å². The molecule has 0 radical (unpaired) electrons. The molecule has 192 valence electrons. The quantitative estimate of drug-likeness (QED) is 0.349. The van der Waals surface area contributed by atoms with Gasteiger partial charge in [-0.05, 0) is 80.8 Å². The van der Waals surface area contributed by atoms with E-state index in [-0.39, 0.29) is 40.1 Å². The van der Waals surface area contributed by atoms with Crippen molar-refractivity contribution in [3.8, 4) is 0 Å². The molecule has 0 spiro atoms. The highest BCUT2D eigenvalue weighted by Gasteiger charge is 2.60. The first-order valence-corrected chi connectivity index (χ1v) is 16.5. The molecule has 0 bridgehead atoms. The van der Waals surface area contributed by atoms with Crippen molar-refractivity contribution in [2.45, 2.75) is 123 Å². The standard InChI is InChI=1S/C29H48O4Si/c1-18(32-19(2)30)23-12-13-24-22-11-10-20-16-21(31)17-26(33-34(8,9)27(3,4)5)29(20,7)25(22)14-15-28(23,24)6/h10-11,18,21,23-26,31H,12-17H2,1-9H3/t18-,21+,23+,24-,25-,26-,28+,29-/m0/s1. The molecule has 4 rings (SSSR count). The van der Waals surface area contributed by atoms with E-state index in [2.05, 4.69) is 66.8 Å². The predicted molar refractivity (Wildman–Crippen MR) is 140 cm³/mol. The summed E-state index contributed by atoms with van der Waals surface area (Å²) in [5.41, 5.74) is 3.09. The van der Waals surface area contributed by atoms with Crippen LogP contribution in [-0.2, 0) is 14.0 Å². The Hall–Kier alpha value is -0.913. The van der Waals surface area contributed by atoms with Crippen molar-refractivity contribution in [2.24, 2.45) is 28.6 Å². The van der Waals surface area contributed by atoms with Gasteiger partial charge in [0.05, 0.1) is 12.2 Å². The molecule has 0 aliphatic heterocycles. The van der Waals surface area contributed by atoms with Crippen LogP contribution in [-0.4, -0.2) is 37.7 Å². The van der Waals surface area contributed by atoms with Gasteiger partial charge in [-0.1, -0.05) is 57.9 Å². The summed E-state index contributed by atoms with van der Waals surface area (Å²) >= 11 is 0. The lowest BCUT2D eigenvalue weighted by atomic mass is 9.49. The van der Waals surface area contributed by atoms with Crippen LogP contribution in [0.3, 0.4) is 0 Å². The van der Waals surface area contributed by atoms with Crippen LogP contribution in [0.2, 0.25) is 18.1 Å². The smallest absolute Gasteiger partial charge is 0.302 e. The van der Waals surface area contributed by atoms with Gasteiger partial charge in [-0.2, -0.15) is 0 Å². The number of fused-ring (bicyclic) bond motifs is 5. The second-order valence-corrected chi connectivity index (χ2v) is 18.5. The molecule has 34 heavy (non-hydrogen) atoms. The van der Waals surface area contributed by atoms with Gasteiger partial charge >= 0.3 is 5.97 Å². The lowest BCUT2D eigenvalue weighted by Crippen LogP contribution is -2.57. The highest BCUT2D eigenvalue weighted by molar-refractivity contribution is 6.74. The SMILES string of the molecule is CC(=O)O[C@@H](C)[C@H]1CC[C@H]2C3=CC=C4C[C@@H](O)C[C@H](O[Si](C)(C)C(C)(C)C)[C@]4(C)[C@H]3CC[C@]12C. The zero-order chi connectivity index (χ0) is 25.3. The number of allylic oxidation sites excluding steroid dienone is 3. The van der Waals surface area contributed by atoms with Crippen LogP contribution in [0.5, 0.6) is 0 Å². The van der Waals surface area contributed by atoms with Crippen LogP contribution in [0.15, 0.2) is 23.3 Å². The molecule has 0 aromatic heterocycles. The lowest BCUT2D eigenvalue weighted by molar-refractivity contribution is -0.150. The minimum absolute atomic E-state index is 0.0329. The van der Waals surface area contributed by atoms with E-state index in [1.54, 1.807) is 5.57 Å². The Balaban J connectivity index is 1.67. The maximum absolute atomic E-state index is 11.7. The number of carbonyl (C=O) groups is 1. The first-order valence-electron chi connectivity index (χ1n) is 13.6. The van der Waals surface area contributed by atoms with Crippen molar-refractivity contribution in [3.63, 3.8) is 0 Å². The van der Waals surface area contributed by atoms with Crippen molar-refractivity contribution in [2.75, 3.05) is 0 Å². The van der Waals surface area contributed by atoms with Crippen LogP contribution in [0.25, 0.3) is 0 Å². The van der Waals surface area contributed by atoms with E-state index < -0.39 is 8.32 Å². The second kappa shape index (κ2) is 8.59. The van der Waals surface area contributed by atoms with E-state index in [1.807, 2.05) is 0 Å². The minimum Gasteiger partial charge on any atom is -0.463 e. The van der Waals surface area contributed by atoms with Gasteiger partial charge in [0.25, 0.3) is 0 Å². The molecule has 0 aromatic carbocycles. The van der Waals surface area contributed by atoms with Crippen LogP contribution < -0.4 is 0 Å². The topological polar surface area (TPSA) is 55.8 Å². The number of rotatable bonds is 4. The molecule has 4 aliphatic carbocycles. The molecule has 0 unspecified atom stereocenters. The predicted octanol–water partition coefficient (Wildman–Crippen LogP) is 6.80. The van der Waals surface area contributed by atoms with E-state index in [0.29, 0.717) is 17.8 Å². The third-order valence-corrected chi connectivity index (χ3v) is 15.3. The monoisotopic (exact) mass is 488 g/mol. The molecule has 3 fully saturated rings. The van der Waals surface area contributed by atoms with E-state index in [1.165, 1.54) is 18.9 Å². The first-order chi connectivity index (χ1) is 15.6. The molecule has 1 N–H and O–H groups in total. The summed E-state index contributed by atoms with van der Waals surface area (Å²) < 4.78 is 12.8. The summed E-state index contributed by atoms with van der Waals surface area (Å²) in [6.45, 7) is 20.1. The van der Waals surface area contributed by atoms with Gasteiger partial charge < -0.3 is 14.3 Å². The van der Waals surface area contributed by atoms with Gasteiger partial charge in [-0.15, -0.1) is 0 Å². The van der Waals surface area contributed by atoms with Crippen LogP contribution in [0.4, 0.5) is 0 Å². The van der Waals surface area contributed by atoms with Crippen molar-refractivity contribution < 1.29 is 19.1 Å². The number of hydrogen-bond acceptors (Lipinski definition) is 4. The van der Waals surface area contributed by atoms with Crippen molar-refractivity contribution in [1.82, 2.24) is 0 Å². The fourth-order valence-electron chi connectivity index (χ4n) is 7.88. The summed E-state index contributed by atoms with van der Waals surface area (Å²) in [4.78, 5) is 11.7. The summed E-state index contributed by atoms with van der Waals surface area (Å²) in [6.07, 6.45) is 10.5. The Morgan fingerprint density at radius 3 is 2.44 bits per heavy atom. The normalized spacial score (nSPS) is 40.9. The van der Waals surface area contributed by atoms with Gasteiger partial charge in [0.1, 0.15) is 6.10 Å². The Labute approximate surface area is 208 Å². The maximum Gasteiger partial charge on any atom is 0.302 e. The van der Waals surface area contributed by atoms with Gasteiger partial charge in [-0.3, -0.25) is 4.79 Å². The van der Waals surface area contributed by atoms with Crippen LogP contribution >= 0.6 is 0 Å². The fraction of sp³-hybridized carbons (Fsp3) is 0.828. The largest absolute Gasteiger partial charge is 0.463 e. The number of ether oxygens (including phenoxy) is 1. The molecule has 4 aliphatic rings. The number of hydrogen-bond donors (Lipinski definition) is 1. The average molecular weight is 489 g/mol. The molecular formula is C29H48O4Si. The number of aliphatic hydroxyl groups is 1. The maximum atomic E-state index is 11.7. The molecule has 4 nitrogen and oxygen atoms in total. The molecular weight excluding hydrogens is 440 g/mol. The summed E-state index contributed by atoms with van der Waals surface area (Å²) in [7, 11) is -1.99. The van der Waals surface area contributed by atoms with Gasteiger partial charge in [0.2, 0.25) is 0 Å². The van der Waals surface area contributed by atoms with E-state index in [9.17, 15) is 9.90 Å². The molecule has 0 aromatic rings. The zero-order valence-electron chi connectivity index (χ0n) is 23.0. The summed E-state index contributed by atoms with van der Waals surface area (Å²) in [5, 5.41) is 11.0. The van der Waals surface area contributed by atoms with E-state index in [4.69, 9.17) is 9.16 Å². The molecule has 0 heterocycles. The third-order valence-electron chi connectivity index (χ3n) is 10.9. The molecule has 3 saturated carbocycles. The Morgan fingerprint density at radius 2 is 1.82 bits per heavy atom. The van der Waals surface area contributed by atoms with Gasteiger partial charge in [-0.25, -0.2) is 0 Å². The molecule has 0 amide bonds. The van der Waals surface area contributed by atoms with Crippen molar-refractivity contribution >= 4 is 14.3 Å². The van der Waals surface area contributed by atoms with Gasteiger partial charge in [0.15, 0.2) is 8.32 Å². The van der Waals surface area contributed by atoms with Crippen molar-refractivity contribution in [1.29, 1.82) is 0 Å². The molecule has 0 saturated heterocycles. The average Bonchev–Trinajstić information content (AvgIpc) is 3.05. The minimum atomic E-state index is -1.99. The highest BCUT2D eigenvalue weighted by atomic mass is 28.4. The van der Waals surface area contributed by atoms with Gasteiger partial charge in [0, 0.05) is 18.3 Å². The Morgan fingerprint density at radius 1 is 1.15 bits per heavy atom. The Kier molecular flexibility index (Phi) is 6.61. The summed E-state index contributed by atoms with van der Waals surface area (Å²) in [5.74, 6) is 1.24. The third kappa shape index (κ3) is 4.08. The second-order valence-electron chi connectivity index (χ2n) is 13.7. The molecule has 5 heteroatoms. The fourth-order valence-corrected chi connectivity index (χ4v) is 9.29. The number of aliphatic hydroxyl groups excluding tert-OH is 1. The van der Waals surface area contributed by atoms with Crippen LogP contribution in [0.1, 0.15) is 87.0 Å². The zero-order valence-corrected chi connectivity index (χ0v) is 24.0. The highest BCUT2D eigenvalue weighted by Crippen LogP contribution is 2.66. The van der Waals surface area contributed by atoms with Crippen molar-refractivity contribution in [3.05, 3.63) is 23.3 Å². The Bertz CT molecular complexity index is 883. The lowest BCUT2D eigenvalue weighted by Gasteiger charge is -2.58. The van der Waals surface area contributed by atoms with E-state index in [0.717, 1.165) is 32.1 Å². The number of esters is 1. The summed E-state index contributed by atoms with van der Waals surface area (Å²) in [6, 6.07) is 0. The molecule has 8 atom stereocenters. The number of carbonyl (C=O) groups excluding carboxylic acids is 1.